The SMILES string of the molecule is COC(=O)CCCN(C)C(=O)c1cc(OC)ccc1O. The predicted molar refractivity (Wildman–Crippen MR) is 72.9 cm³/mol. The maximum absolute atomic E-state index is 12.2. The molecule has 1 amide bonds. The summed E-state index contributed by atoms with van der Waals surface area (Å²) in [7, 11) is 4.42. The number of ether oxygens (including phenoxy) is 2. The van der Waals surface area contributed by atoms with E-state index in [1.807, 2.05) is 0 Å². The minimum Gasteiger partial charge on any atom is -0.507 e. The second-order valence-corrected chi connectivity index (χ2v) is 4.29. The Balaban J connectivity index is 2.66. The maximum atomic E-state index is 12.2. The molecule has 0 aliphatic heterocycles. The van der Waals surface area contributed by atoms with Gasteiger partial charge in [-0.1, -0.05) is 0 Å². The molecule has 0 atom stereocenters. The lowest BCUT2D eigenvalue weighted by Gasteiger charge is -2.17. The fourth-order valence-electron chi connectivity index (χ4n) is 1.68. The van der Waals surface area contributed by atoms with Gasteiger partial charge in [0.15, 0.2) is 0 Å². The van der Waals surface area contributed by atoms with Gasteiger partial charge in [0, 0.05) is 20.0 Å². The molecule has 0 heterocycles. The molecule has 20 heavy (non-hydrogen) atoms. The average molecular weight is 281 g/mol. The molecule has 0 aliphatic rings. The summed E-state index contributed by atoms with van der Waals surface area (Å²) < 4.78 is 9.55. The van der Waals surface area contributed by atoms with Crippen LogP contribution in [0.2, 0.25) is 0 Å². The summed E-state index contributed by atoms with van der Waals surface area (Å²) in [6.45, 7) is 0.393. The summed E-state index contributed by atoms with van der Waals surface area (Å²) >= 11 is 0. The summed E-state index contributed by atoms with van der Waals surface area (Å²) in [6, 6.07) is 4.46. The molecule has 1 rings (SSSR count). The Morgan fingerprint density at radius 1 is 1.30 bits per heavy atom. The van der Waals surface area contributed by atoms with Crippen LogP contribution in [-0.2, 0) is 9.53 Å². The van der Waals surface area contributed by atoms with Crippen LogP contribution < -0.4 is 4.74 Å². The zero-order valence-electron chi connectivity index (χ0n) is 11.9. The minimum absolute atomic E-state index is 0.101. The van der Waals surface area contributed by atoms with Crippen molar-refractivity contribution in [1.82, 2.24) is 4.90 Å². The van der Waals surface area contributed by atoms with E-state index < -0.39 is 0 Å². The van der Waals surface area contributed by atoms with Crippen molar-refractivity contribution >= 4 is 11.9 Å². The van der Waals surface area contributed by atoms with Crippen LogP contribution in [-0.4, -0.2) is 49.7 Å². The predicted octanol–water partition coefficient (Wildman–Crippen LogP) is 1.43. The van der Waals surface area contributed by atoms with Gasteiger partial charge in [0.2, 0.25) is 0 Å². The second kappa shape index (κ2) is 7.37. The van der Waals surface area contributed by atoms with Crippen molar-refractivity contribution in [3.8, 4) is 11.5 Å². The van der Waals surface area contributed by atoms with E-state index in [0.717, 1.165) is 0 Å². The molecule has 6 nitrogen and oxygen atoms in total. The van der Waals surface area contributed by atoms with Crippen molar-refractivity contribution in [1.29, 1.82) is 0 Å². The molecule has 1 N–H and O–H groups in total. The van der Waals surface area contributed by atoms with Crippen LogP contribution in [0.1, 0.15) is 23.2 Å². The number of esters is 1. The molecule has 0 bridgehead atoms. The number of methoxy groups -OCH3 is 2. The molecule has 0 saturated heterocycles. The minimum atomic E-state index is -0.328. The summed E-state index contributed by atoms with van der Waals surface area (Å²) in [5.41, 5.74) is 0.171. The highest BCUT2D eigenvalue weighted by molar-refractivity contribution is 5.97. The Kier molecular flexibility index (Phi) is 5.83. The van der Waals surface area contributed by atoms with Gasteiger partial charge in [-0.05, 0) is 24.6 Å². The van der Waals surface area contributed by atoms with Gasteiger partial charge in [-0.3, -0.25) is 9.59 Å². The largest absolute Gasteiger partial charge is 0.507 e. The van der Waals surface area contributed by atoms with E-state index in [1.165, 1.54) is 31.3 Å². The van der Waals surface area contributed by atoms with E-state index in [2.05, 4.69) is 4.74 Å². The number of aromatic hydroxyl groups is 1. The maximum Gasteiger partial charge on any atom is 0.305 e. The first-order valence-electron chi connectivity index (χ1n) is 6.19. The van der Waals surface area contributed by atoms with Crippen molar-refractivity contribution in [2.75, 3.05) is 27.8 Å². The number of carbonyl (C=O) groups is 2. The fourth-order valence-corrected chi connectivity index (χ4v) is 1.68. The van der Waals surface area contributed by atoms with Crippen LogP contribution in [0.5, 0.6) is 11.5 Å². The monoisotopic (exact) mass is 281 g/mol. The van der Waals surface area contributed by atoms with Crippen molar-refractivity contribution in [2.45, 2.75) is 12.8 Å². The third-order valence-corrected chi connectivity index (χ3v) is 2.88. The van der Waals surface area contributed by atoms with Gasteiger partial charge in [0.05, 0.1) is 19.8 Å². The topological polar surface area (TPSA) is 76.1 Å². The molecule has 0 aromatic heterocycles. The number of phenolic OH excluding ortho intramolecular Hbond substituents is 1. The van der Waals surface area contributed by atoms with Crippen LogP contribution in [0.15, 0.2) is 18.2 Å². The number of rotatable bonds is 6. The zero-order chi connectivity index (χ0) is 15.1. The fraction of sp³-hybridized carbons (Fsp3) is 0.429. The van der Waals surface area contributed by atoms with Gasteiger partial charge in [0.1, 0.15) is 11.5 Å². The smallest absolute Gasteiger partial charge is 0.305 e. The Morgan fingerprint density at radius 2 is 2.00 bits per heavy atom. The molecule has 0 radical (unpaired) electrons. The van der Waals surface area contributed by atoms with Crippen LogP contribution in [0.3, 0.4) is 0 Å². The van der Waals surface area contributed by atoms with E-state index >= 15 is 0 Å². The number of carbonyl (C=O) groups excluding carboxylic acids is 2. The van der Waals surface area contributed by atoms with Gasteiger partial charge in [0.25, 0.3) is 5.91 Å². The summed E-state index contributed by atoms with van der Waals surface area (Å²) in [5, 5.41) is 9.72. The molecule has 0 spiro atoms. The van der Waals surface area contributed by atoms with Crippen molar-refractivity contribution in [3.05, 3.63) is 23.8 Å². The first kappa shape index (κ1) is 15.8. The summed E-state index contributed by atoms with van der Waals surface area (Å²) in [5.74, 6) is -0.244. The highest BCUT2D eigenvalue weighted by Gasteiger charge is 2.16. The number of amides is 1. The highest BCUT2D eigenvalue weighted by Crippen LogP contribution is 2.24. The van der Waals surface area contributed by atoms with E-state index in [1.54, 1.807) is 13.1 Å². The van der Waals surface area contributed by atoms with Gasteiger partial charge >= 0.3 is 5.97 Å². The molecule has 0 unspecified atom stereocenters. The van der Waals surface area contributed by atoms with Crippen LogP contribution >= 0.6 is 0 Å². The first-order valence-corrected chi connectivity index (χ1v) is 6.19. The molecule has 0 saturated carbocycles. The lowest BCUT2D eigenvalue weighted by molar-refractivity contribution is -0.140. The van der Waals surface area contributed by atoms with E-state index in [9.17, 15) is 14.7 Å². The highest BCUT2D eigenvalue weighted by atomic mass is 16.5. The summed E-state index contributed by atoms with van der Waals surface area (Å²) in [4.78, 5) is 24.6. The van der Waals surface area contributed by atoms with Gasteiger partial charge < -0.3 is 19.5 Å². The number of phenols is 1. The Morgan fingerprint density at radius 3 is 2.60 bits per heavy atom. The van der Waals surface area contributed by atoms with Crippen LogP contribution in [0, 0.1) is 0 Å². The molecule has 1 aromatic rings. The van der Waals surface area contributed by atoms with Crippen molar-refractivity contribution in [3.63, 3.8) is 0 Å². The Hall–Kier alpha value is -2.24. The number of nitrogens with zero attached hydrogens (tertiary/aromatic N) is 1. The van der Waals surface area contributed by atoms with E-state index in [4.69, 9.17) is 4.74 Å². The Labute approximate surface area is 117 Å². The molecular weight excluding hydrogens is 262 g/mol. The van der Waals surface area contributed by atoms with E-state index in [-0.39, 0.29) is 29.6 Å². The van der Waals surface area contributed by atoms with E-state index in [0.29, 0.717) is 18.7 Å². The van der Waals surface area contributed by atoms with Crippen LogP contribution in [0.25, 0.3) is 0 Å². The lowest BCUT2D eigenvalue weighted by atomic mass is 10.1. The van der Waals surface area contributed by atoms with Crippen molar-refractivity contribution in [2.24, 2.45) is 0 Å². The van der Waals surface area contributed by atoms with Crippen LogP contribution in [0.4, 0.5) is 0 Å². The molecule has 110 valence electrons. The third kappa shape index (κ3) is 4.15. The number of hydrogen-bond donors (Lipinski definition) is 1. The zero-order valence-corrected chi connectivity index (χ0v) is 11.9. The second-order valence-electron chi connectivity index (χ2n) is 4.29. The molecular formula is C14H19NO5. The standard InChI is InChI=1S/C14H19NO5/c1-15(8-4-5-13(17)20-3)14(18)11-9-10(19-2)6-7-12(11)16/h6-7,9,16H,4-5,8H2,1-3H3. The number of hydrogen-bond acceptors (Lipinski definition) is 5. The quantitative estimate of drug-likeness (QED) is 0.798. The molecule has 0 fully saturated rings. The van der Waals surface area contributed by atoms with Gasteiger partial charge in [-0.25, -0.2) is 0 Å². The van der Waals surface area contributed by atoms with Gasteiger partial charge in [-0.2, -0.15) is 0 Å². The molecule has 6 heteroatoms. The summed E-state index contributed by atoms with van der Waals surface area (Å²) in [6.07, 6.45) is 0.748. The molecule has 1 aromatic carbocycles. The van der Waals surface area contributed by atoms with Crippen molar-refractivity contribution < 1.29 is 24.2 Å². The Bertz CT molecular complexity index is 486. The normalized spacial score (nSPS) is 9.95. The first-order chi connectivity index (χ1) is 9.49. The average Bonchev–Trinajstić information content (AvgIpc) is 2.46. The molecule has 0 aliphatic carbocycles. The third-order valence-electron chi connectivity index (χ3n) is 2.88. The number of benzene rings is 1. The van der Waals surface area contributed by atoms with Gasteiger partial charge in [-0.15, -0.1) is 0 Å². The lowest BCUT2D eigenvalue weighted by Crippen LogP contribution is -2.28.